The molecule has 0 unspecified atom stereocenters. The lowest BCUT2D eigenvalue weighted by molar-refractivity contribution is 0.479. The number of halogens is 1. The first-order valence-electron chi connectivity index (χ1n) is 5.86. The molecule has 0 bridgehead atoms. The van der Waals surface area contributed by atoms with Gasteiger partial charge in [0.2, 0.25) is 0 Å². The van der Waals surface area contributed by atoms with Gasteiger partial charge >= 0.3 is 0 Å². The van der Waals surface area contributed by atoms with Crippen LogP contribution < -0.4 is 0 Å². The normalized spacial score (nSPS) is 11.1. The molecule has 1 rings (SSSR count). The van der Waals surface area contributed by atoms with Crippen molar-refractivity contribution in [1.29, 1.82) is 10.5 Å². The van der Waals surface area contributed by atoms with Gasteiger partial charge in [-0.3, -0.25) is 0 Å². The van der Waals surface area contributed by atoms with Crippen LogP contribution in [0.25, 0.3) is 6.08 Å². The van der Waals surface area contributed by atoms with Gasteiger partial charge in [0.25, 0.3) is 0 Å². The smallest absolute Gasteiger partial charge is 0.147 e. The molecule has 0 spiro atoms. The quantitative estimate of drug-likeness (QED) is 0.736. The van der Waals surface area contributed by atoms with E-state index >= 15 is 0 Å². The van der Waals surface area contributed by atoms with E-state index in [4.69, 9.17) is 0 Å². The third-order valence-electron chi connectivity index (χ3n) is 2.74. The van der Waals surface area contributed by atoms with Crippen LogP contribution >= 0.6 is 15.9 Å². The molecule has 0 saturated carbocycles. The molecule has 1 aromatic carbocycles. The molecule has 0 saturated heterocycles. The van der Waals surface area contributed by atoms with Crippen LogP contribution in [0.15, 0.2) is 36.4 Å². The summed E-state index contributed by atoms with van der Waals surface area (Å²) in [4.78, 5) is 0. The summed E-state index contributed by atoms with van der Waals surface area (Å²) in [6, 6.07) is 14.2. The van der Waals surface area contributed by atoms with Crippen molar-refractivity contribution >= 4 is 22.0 Å². The number of nitrogens with zero attached hydrogens (tertiary/aromatic N) is 2. The van der Waals surface area contributed by atoms with Crippen molar-refractivity contribution in [2.75, 3.05) is 5.33 Å². The molecule has 0 radical (unpaired) electrons. The van der Waals surface area contributed by atoms with E-state index in [1.165, 1.54) is 0 Å². The largest absolute Gasteiger partial charge is 0.197 e. The van der Waals surface area contributed by atoms with Crippen molar-refractivity contribution < 1.29 is 0 Å². The molecule has 0 fully saturated rings. The molecule has 0 aliphatic carbocycles. The average molecular weight is 303 g/mol. The van der Waals surface area contributed by atoms with E-state index in [-0.39, 0.29) is 0 Å². The summed E-state index contributed by atoms with van der Waals surface area (Å²) >= 11 is 3.33. The van der Waals surface area contributed by atoms with E-state index in [1.807, 2.05) is 42.5 Å². The Hall–Kier alpha value is -1.58. The zero-order valence-electron chi connectivity index (χ0n) is 10.1. The van der Waals surface area contributed by atoms with Gasteiger partial charge in [-0.15, -0.1) is 0 Å². The van der Waals surface area contributed by atoms with Crippen molar-refractivity contribution in [1.82, 2.24) is 0 Å². The van der Waals surface area contributed by atoms with Gasteiger partial charge in [-0.05, 0) is 24.8 Å². The summed E-state index contributed by atoms with van der Waals surface area (Å²) in [6.45, 7) is 0. The van der Waals surface area contributed by atoms with E-state index in [2.05, 4.69) is 28.1 Å². The van der Waals surface area contributed by atoms with E-state index in [0.717, 1.165) is 17.3 Å². The van der Waals surface area contributed by atoms with Gasteiger partial charge in [0.05, 0.1) is 12.1 Å². The highest BCUT2D eigenvalue weighted by Gasteiger charge is 2.27. The highest BCUT2D eigenvalue weighted by molar-refractivity contribution is 9.09. The topological polar surface area (TPSA) is 47.6 Å². The standard InChI is InChI=1S/C15H15BrN2/c16-11-5-10-15(12-17,13-18)9-4-8-14-6-2-1-3-7-14/h1-4,6-8H,5,9-11H2. The van der Waals surface area contributed by atoms with Crippen LogP contribution in [0.2, 0.25) is 0 Å². The first-order chi connectivity index (χ1) is 8.76. The van der Waals surface area contributed by atoms with Crippen LogP contribution in [0.1, 0.15) is 24.8 Å². The molecule has 0 aliphatic rings. The van der Waals surface area contributed by atoms with Crippen molar-refractivity contribution in [2.24, 2.45) is 5.41 Å². The molecular weight excluding hydrogens is 288 g/mol. The molecule has 0 atom stereocenters. The summed E-state index contributed by atoms with van der Waals surface area (Å²) in [7, 11) is 0. The van der Waals surface area contributed by atoms with Gasteiger partial charge in [0, 0.05) is 5.33 Å². The monoisotopic (exact) mass is 302 g/mol. The fourth-order valence-corrected chi connectivity index (χ4v) is 1.94. The fraction of sp³-hybridized carbons (Fsp3) is 0.333. The van der Waals surface area contributed by atoms with Crippen molar-refractivity contribution in [3.05, 3.63) is 42.0 Å². The first kappa shape index (κ1) is 14.5. The predicted octanol–water partition coefficient (Wildman–Crippen LogP) is 4.30. The minimum atomic E-state index is -0.890. The van der Waals surface area contributed by atoms with Crippen LogP contribution in [-0.2, 0) is 0 Å². The third-order valence-corrected chi connectivity index (χ3v) is 3.30. The van der Waals surface area contributed by atoms with E-state index < -0.39 is 5.41 Å². The zero-order valence-corrected chi connectivity index (χ0v) is 11.7. The number of rotatable bonds is 6. The van der Waals surface area contributed by atoms with Gasteiger partial charge < -0.3 is 0 Å². The molecule has 0 amide bonds. The Bertz CT molecular complexity index is 452. The van der Waals surface area contributed by atoms with E-state index in [1.54, 1.807) is 0 Å². The van der Waals surface area contributed by atoms with Gasteiger partial charge in [-0.1, -0.05) is 58.4 Å². The SMILES string of the molecule is N#CC(C#N)(CC=Cc1ccccc1)CCCBr. The fourth-order valence-electron chi connectivity index (χ4n) is 1.66. The van der Waals surface area contributed by atoms with Crippen LogP contribution in [0.3, 0.4) is 0 Å². The molecule has 0 aliphatic heterocycles. The summed E-state index contributed by atoms with van der Waals surface area (Å²) < 4.78 is 0. The molecule has 0 aromatic heterocycles. The van der Waals surface area contributed by atoms with E-state index in [9.17, 15) is 10.5 Å². The van der Waals surface area contributed by atoms with Gasteiger partial charge in [0.15, 0.2) is 0 Å². The highest BCUT2D eigenvalue weighted by Crippen LogP contribution is 2.28. The lowest BCUT2D eigenvalue weighted by Crippen LogP contribution is -2.15. The maximum atomic E-state index is 9.18. The minimum Gasteiger partial charge on any atom is -0.197 e. The maximum absolute atomic E-state index is 9.18. The number of alkyl halides is 1. The number of nitriles is 2. The zero-order chi connectivity index (χ0) is 13.3. The van der Waals surface area contributed by atoms with Crippen LogP contribution in [0, 0.1) is 28.1 Å². The molecule has 18 heavy (non-hydrogen) atoms. The Morgan fingerprint density at radius 1 is 1.17 bits per heavy atom. The van der Waals surface area contributed by atoms with Crippen LogP contribution in [0.4, 0.5) is 0 Å². The predicted molar refractivity (Wildman–Crippen MR) is 76.8 cm³/mol. The molecular formula is C15H15BrN2. The molecule has 1 aromatic rings. The number of benzene rings is 1. The number of hydrogen-bond acceptors (Lipinski definition) is 2. The van der Waals surface area contributed by atoms with Crippen LogP contribution in [0.5, 0.6) is 0 Å². The Morgan fingerprint density at radius 3 is 2.39 bits per heavy atom. The second-order valence-electron chi connectivity index (χ2n) is 4.12. The first-order valence-corrected chi connectivity index (χ1v) is 6.98. The Kier molecular flexibility index (Phi) is 6.19. The minimum absolute atomic E-state index is 0.474. The summed E-state index contributed by atoms with van der Waals surface area (Å²) in [5.74, 6) is 0. The van der Waals surface area contributed by atoms with Crippen molar-refractivity contribution in [3.63, 3.8) is 0 Å². The second-order valence-corrected chi connectivity index (χ2v) is 4.91. The van der Waals surface area contributed by atoms with Gasteiger partial charge in [-0.2, -0.15) is 10.5 Å². The molecule has 2 nitrogen and oxygen atoms in total. The maximum Gasteiger partial charge on any atom is 0.147 e. The molecule has 92 valence electrons. The Balaban J connectivity index is 2.66. The van der Waals surface area contributed by atoms with Crippen molar-refractivity contribution in [3.8, 4) is 12.1 Å². The number of hydrogen-bond donors (Lipinski definition) is 0. The summed E-state index contributed by atoms with van der Waals surface area (Å²) in [5, 5.41) is 19.2. The number of allylic oxidation sites excluding steroid dienone is 1. The van der Waals surface area contributed by atoms with E-state index in [0.29, 0.717) is 12.8 Å². The second kappa shape index (κ2) is 7.69. The lowest BCUT2D eigenvalue weighted by Gasteiger charge is -2.15. The Morgan fingerprint density at radius 2 is 1.83 bits per heavy atom. The Labute approximate surface area is 117 Å². The van der Waals surface area contributed by atoms with Crippen molar-refractivity contribution in [2.45, 2.75) is 19.3 Å². The molecule has 0 N–H and O–H groups in total. The summed E-state index contributed by atoms with van der Waals surface area (Å²) in [5.41, 5.74) is 0.196. The third kappa shape index (κ3) is 4.35. The molecule has 3 heteroatoms. The van der Waals surface area contributed by atoms with Crippen LogP contribution in [-0.4, -0.2) is 5.33 Å². The average Bonchev–Trinajstić information content (AvgIpc) is 2.44. The van der Waals surface area contributed by atoms with Gasteiger partial charge in [0.1, 0.15) is 5.41 Å². The highest BCUT2D eigenvalue weighted by atomic mass is 79.9. The summed E-state index contributed by atoms with van der Waals surface area (Å²) in [6.07, 6.45) is 5.78. The lowest BCUT2D eigenvalue weighted by atomic mass is 9.83. The van der Waals surface area contributed by atoms with Gasteiger partial charge in [-0.25, -0.2) is 0 Å². The molecule has 0 heterocycles.